The van der Waals surface area contributed by atoms with E-state index in [9.17, 15) is 4.79 Å². The van der Waals surface area contributed by atoms with Crippen molar-refractivity contribution >= 4 is 28.5 Å². The molecule has 0 radical (unpaired) electrons. The number of hydrogen-bond acceptors (Lipinski definition) is 5. The zero-order valence-electron chi connectivity index (χ0n) is 17.2. The Balaban J connectivity index is 1.29. The Kier molecular flexibility index (Phi) is 6.55. The number of likely N-dealkylation sites (tertiary alicyclic amines) is 1. The highest BCUT2D eigenvalue weighted by molar-refractivity contribution is 6.31. The molecule has 1 N–H and O–H groups in total. The summed E-state index contributed by atoms with van der Waals surface area (Å²) >= 11 is 6.00. The number of hydrogen-bond donors (Lipinski definition) is 1. The lowest BCUT2D eigenvalue weighted by molar-refractivity contribution is 0.310. The first-order valence-electron chi connectivity index (χ1n) is 10.4. The third-order valence-electron chi connectivity index (χ3n) is 5.41. The predicted octanol–water partition coefficient (Wildman–Crippen LogP) is 4.06. The van der Waals surface area contributed by atoms with Crippen LogP contribution in [0, 0.1) is 0 Å². The molecule has 0 bridgehead atoms. The number of nitrogens with zero attached hydrogens (tertiary/aromatic N) is 3. The van der Waals surface area contributed by atoms with Gasteiger partial charge in [-0.3, -0.25) is 14.3 Å². The van der Waals surface area contributed by atoms with Crippen LogP contribution in [0.2, 0.25) is 5.02 Å². The molecule has 0 spiro atoms. The summed E-state index contributed by atoms with van der Waals surface area (Å²) in [4.78, 5) is 19.6. The molecule has 0 aliphatic carbocycles. The maximum Gasteiger partial charge on any atom is 0.262 e. The summed E-state index contributed by atoms with van der Waals surface area (Å²) in [5, 5.41) is 4.29. The van der Waals surface area contributed by atoms with Crippen molar-refractivity contribution in [1.82, 2.24) is 14.5 Å². The minimum atomic E-state index is -0.115. The van der Waals surface area contributed by atoms with Crippen LogP contribution in [0.1, 0.15) is 24.8 Å². The van der Waals surface area contributed by atoms with Gasteiger partial charge in [0.15, 0.2) is 0 Å². The van der Waals surface area contributed by atoms with E-state index in [-0.39, 0.29) is 5.56 Å². The summed E-state index contributed by atoms with van der Waals surface area (Å²) in [5.41, 5.74) is 1.81. The number of benzene rings is 2. The number of nitrogens with one attached hydrogen (secondary N) is 1. The van der Waals surface area contributed by atoms with Gasteiger partial charge in [-0.15, -0.1) is 0 Å². The van der Waals surface area contributed by atoms with Crippen molar-refractivity contribution in [2.45, 2.75) is 25.8 Å². The fourth-order valence-corrected chi connectivity index (χ4v) is 3.97. The van der Waals surface area contributed by atoms with Gasteiger partial charge in [-0.2, -0.15) is 0 Å². The van der Waals surface area contributed by atoms with E-state index >= 15 is 0 Å². The van der Waals surface area contributed by atoms with Gasteiger partial charge in [0.2, 0.25) is 5.95 Å². The Labute approximate surface area is 181 Å². The number of anilines is 1. The van der Waals surface area contributed by atoms with Crippen LogP contribution >= 0.6 is 11.6 Å². The smallest absolute Gasteiger partial charge is 0.262 e. The summed E-state index contributed by atoms with van der Waals surface area (Å²) in [5.74, 6) is 1.45. The second kappa shape index (κ2) is 9.49. The molecule has 0 atom stereocenters. The van der Waals surface area contributed by atoms with Gasteiger partial charge in [0, 0.05) is 25.2 Å². The largest absolute Gasteiger partial charge is 0.494 e. The van der Waals surface area contributed by atoms with E-state index < -0.39 is 0 Å². The van der Waals surface area contributed by atoms with Crippen molar-refractivity contribution in [3.8, 4) is 5.75 Å². The molecule has 0 saturated carbocycles. The van der Waals surface area contributed by atoms with E-state index in [4.69, 9.17) is 16.3 Å². The summed E-state index contributed by atoms with van der Waals surface area (Å²) in [6, 6.07) is 13.5. The van der Waals surface area contributed by atoms with Crippen molar-refractivity contribution in [3.05, 3.63) is 63.4 Å². The van der Waals surface area contributed by atoms with E-state index in [1.807, 2.05) is 6.07 Å². The van der Waals surface area contributed by atoms with E-state index in [2.05, 4.69) is 33.4 Å². The van der Waals surface area contributed by atoms with Gasteiger partial charge >= 0.3 is 0 Å². The van der Waals surface area contributed by atoms with Gasteiger partial charge in [-0.05, 0) is 68.2 Å². The first kappa shape index (κ1) is 20.7. The van der Waals surface area contributed by atoms with Crippen LogP contribution in [0.4, 0.5) is 5.95 Å². The van der Waals surface area contributed by atoms with Gasteiger partial charge in [0.1, 0.15) is 5.75 Å². The fraction of sp³-hybridized carbons (Fsp3) is 0.391. The number of fused-ring (bicyclic) bond motifs is 1. The Morgan fingerprint density at radius 1 is 1.17 bits per heavy atom. The van der Waals surface area contributed by atoms with Crippen molar-refractivity contribution < 1.29 is 4.74 Å². The highest BCUT2D eigenvalue weighted by Crippen LogP contribution is 2.18. The molecular weight excluding hydrogens is 400 g/mol. The predicted molar refractivity (Wildman–Crippen MR) is 122 cm³/mol. The standard InChI is InChI=1S/C23H27ClN4O2/c1-27-22(29)20-15-18(24)8-9-21(20)26-23(27)25-10-5-13-30-19-7-4-6-17(14-19)16-28-11-2-3-12-28/h4,6-9,14-15H,2-3,5,10-13,16H2,1H3,(H,25,26). The molecule has 1 aliphatic heterocycles. The lowest BCUT2D eigenvalue weighted by atomic mass is 10.2. The van der Waals surface area contributed by atoms with Gasteiger partial charge in [0.25, 0.3) is 5.56 Å². The molecule has 1 saturated heterocycles. The monoisotopic (exact) mass is 426 g/mol. The summed E-state index contributed by atoms with van der Waals surface area (Å²) < 4.78 is 7.44. The molecule has 1 fully saturated rings. The third-order valence-corrected chi connectivity index (χ3v) is 5.65. The molecule has 1 aromatic heterocycles. The van der Waals surface area contributed by atoms with Crippen LogP contribution in [0.15, 0.2) is 47.3 Å². The molecule has 7 heteroatoms. The second-order valence-corrected chi connectivity index (χ2v) is 8.16. The SMILES string of the molecule is Cn1c(NCCCOc2cccc(CN3CCCC3)c2)nc2ccc(Cl)cc2c1=O. The fourth-order valence-electron chi connectivity index (χ4n) is 3.80. The number of aromatic nitrogens is 2. The van der Waals surface area contributed by atoms with E-state index in [0.717, 1.165) is 18.7 Å². The van der Waals surface area contributed by atoms with Crippen molar-refractivity contribution in [3.63, 3.8) is 0 Å². The summed E-state index contributed by atoms with van der Waals surface area (Å²) in [7, 11) is 1.71. The van der Waals surface area contributed by atoms with Crippen LogP contribution in [0.5, 0.6) is 5.75 Å². The van der Waals surface area contributed by atoms with Gasteiger partial charge in [-0.25, -0.2) is 4.98 Å². The molecule has 1 aliphatic rings. The van der Waals surface area contributed by atoms with Crippen molar-refractivity contribution in [2.75, 3.05) is 31.6 Å². The highest BCUT2D eigenvalue weighted by Gasteiger charge is 2.12. The van der Waals surface area contributed by atoms with E-state index in [0.29, 0.717) is 35.0 Å². The second-order valence-electron chi connectivity index (χ2n) is 7.72. The van der Waals surface area contributed by atoms with Gasteiger partial charge in [0.05, 0.1) is 17.5 Å². The van der Waals surface area contributed by atoms with Gasteiger partial charge in [-0.1, -0.05) is 23.7 Å². The zero-order valence-corrected chi connectivity index (χ0v) is 18.0. The first-order valence-corrected chi connectivity index (χ1v) is 10.8. The lowest BCUT2D eigenvalue weighted by Gasteiger charge is -2.15. The maximum absolute atomic E-state index is 12.5. The Bertz CT molecular complexity index is 1080. The average Bonchev–Trinajstić information content (AvgIpc) is 3.25. The molecule has 4 rings (SSSR count). The summed E-state index contributed by atoms with van der Waals surface area (Å²) in [6.07, 6.45) is 3.40. The molecule has 2 heterocycles. The average molecular weight is 427 g/mol. The summed E-state index contributed by atoms with van der Waals surface area (Å²) in [6.45, 7) is 4.62. The quantitative estimate of drug-likeness (QED) is 0.550. The Morgan fingerprint density at radius 3 is 2.83 bits per heavy atom. The lowest BCUT2D eigenvalue weighted by Crippen LogP contribution is -2.23. The number of halogens is 1. The minimum absolute atomic E-state index is 0.115. The molecule has 3 aromatic rings. The highest BCUT2D eigenvalue weighted by atomic mass is 35.5. The third kappa shape index (κ3) is 4.94. The molecule has 0 amide bonds. The molecule has 2 aromatic carbocycles. The number of ether oxygens (including phenoxy) is 1. The normalized spacial score (nSPS) is 14.3. The molecule has 6 nitrogen and oxygen atoms in total. The van der Waals surface area contributed by atoms with Crippen LogP contribution in [0.25, 0.3) is 10.9 Å². The molecule has 158 valence electrons. The van der Waals surface area contributed by atoms with Crippen molar-refractivity contribution in [2.24, 2.45) is 7.05 Å². The first-order chi connectivity index (χ1) is 14.6. The van der Waals surface area contributed by atoms with Crippen LogP contribution < -0.4 is 15.6 Å². The number of rotatable bonds is 8. The zero-order chi connectivity index (χ0) is 20.9. The van der Waals surface area contributed by atoms with Crippen LogP contribution in [0.3, 0.4) is 0 Å². The van der Waals surface area contributed by atoms with Gasteiger partial charge < -0.3 is 10.1 Å². The van der Waals surface area contributed by atoms with Crippen molar-refractivity contribution in [1.29, 1.82) is 0 Å². The van der Waals surface area contributed by atoms with Crippen LogP contribution in [-0.4, -0.2) is 40.7 Å². The minimum Gasteiger partial charge on any atom is -0.494 e. The Morgan fingerprint density at radius 2 is 2.00 bits per heavy atom. The molecular formula is C23H27ClN4O2. The molecule has 0 unspecified atom stereocenters. The Hall–Kier alpha value is -2.57. The van der Waals surface area contributed by atoms with E-state index in [1.54, 1.807) is 25.2 Å². The topological polar surface area (TPSA) is 59.4 Å². The maximum atomic E-state index is 12.5. The van der Waals surface area contributed by atoms with E-state index in [1.165, 1.54) is 36.1 Å². The molecule has 30 heavy (non-hydrogen) atoms. The van der Waals surface area contributed by atoms with Crippen LogP contribution in [-0.2, 0) is 13.6 Å².